The molecule has 0 fully saturated rings. The average molecular weight is 663 g/mol. The van der Waals surface area contributed by atoms with E-state index in [1.54, 1.807) is 0 Å². The van der Waals surface area contributed by atoms with Crippen molar-refractivity contribution in [2.45, 2.75) is 55.1 Å². The number of hydroxylamine groups is 1. The molecule has 2 rings (SSSR count). The minimum absolute atomic E-state index is 0.0396. The number of nitrogens with two attached hydrogens (primary N) is 2. The predicted molar refractivity (Wildman–Crippen MR) is 157 cm³/mol. The highest BCUT2D eigenvalue weighted by molar-refractivity contribution is 7.99. The van der Waals surface area contributed by atoms with Gasteiger partial charge in [0.1, 0.15) is 24.7 Å². The number of nitrogens with zero attached hydrogens (tertiary/aromatic N) is 1. The molecule has 3 atom stereocenters. The molecule has 246 valence electrons. The number of nitro groups is 1. The number of benzene rings is 1. The van der Waals surface area contributed by atoms with Gasteiger partial charge < -0.3 is 32.1 Å². The van der Waals surface area contributed by atoms with Gasteiger partial charge in [0.15, 0.2) is 6.11 Å². The number of rotatable bonds is 14. The molecule has 0 radical (unpaired) electrons. The van der Waals surface area contributed by atoms with Crippen LogP contribution < -0.4 is 32.5 Å². The zero-order valence-electron chi connectivity index (χ0n) is 24.2. The fraction of sp³-hybridized carbons (Fsp3) is 0.407. The Morgan fingerprint density at radius 3 is 2.54 bits per heavy atom. The number of amides is 5. The molecule has 1 aliphatic rings. The number of carbonyl (C=O) groups excluding carboxylic acids is 5. The maximum atomic E-state index is 13.4. The van der Waals surface area contributed by atoms with Crippen molar-refractivity contribution in [3.8, 4) is 24.4 Å². The van der Waals surface area contributed by atoms with Crippen molar-refractivity contribution in [2.75, 3.05) is 18.8 Å². The standard InChI is InChI=1S/C27H31N7O11S/c1-2-3-12-44-45-30-11-5-4-6-18-26(40)33-20(25(39)29-14-22(28)35)15-46-21-9-7-16(34(42)43)13-17(21)24(38)31-19(27(41)32-18)8-10-23(36)37/h1,7,9,13,18-20,30H,4-6,8,10-11,14-15H2,(H2,28,35)(H,29,39)(H,31,38)(H,32,41)(H,33,40)(H,36,37)/p+1/t18?,19?,20-/m0/s1. The molecule has 46 heavy (non-hydrogen) atoms. The van der Waals surface area contributed by atoms with Crippen molar-refractivity contribution in [3.63, 3.8) is 0 Å². The number of quaternary nitrogens is 1. The maximum Gasteiger partial charge on any atom is 0.303 e. The molecule has 0 bridgehead atoms. The van der Waals surface area contributed by atoms with Crippen LogP contribution in [0.2, 0.25) is 0 Å². The average Bonchev–Trinajstić information content (AvgIpc) is 3.01. The number of hydrogen-bond acceptors (Lipinski definition) is 11. The van der Waals surface area contributed by atoms with Gasteiger partial charge in [0, 0.05) is 40.1 Å². The van der Waals surface area contributed by atoms with Crippen LogP contribution in [0.15, 0.2) is 23.1 Å². The van der Waals surface area contributed by atoms with E-state index >= 15 is 0 Å². The van der Waals surface area contributed by atoms with Crippen molar-refractivity contribution in [3.05, 3.63) is 33.9 Å². The number of carboxylic acids is 1. The van der Waals surface area contributed by atoms with E-state index in [4.69, 9.17) is 17.1 Å². The van der Waals surface area contributed by atoms with E-state index in [0.717, 1.165) is 23.9 Å². The molecule has 0 saturated carbocycles. The van der Waals surface area contributed by atoms with E-state index < -0.39 is 77.2 Å². The van der Waals surface area contributed by atoms with Gasteiger partial charge in [0.05, 0.1) is 17.0 Å². The first-order chi connectivity index (χ1) is 21.9. The number of carbonyl (C=O) groups is 6. The molecule has 1 aliphatic heterocycles. The Hall–Kier alpha value is -5.37. The molecule has 19 heteroatoms. The number of fused-ring (bicyclic) bond motifs is 1. The summed E-state index contributed by atoms with van der Waals surface area (Å²) in [5.41, 5.74) is 5.75. The van der Waals surface area contributed by atoms with Gasteiger partial charge in [0.25, 0.3) is 11.6 Å². The molecule has 18 nitrogen and oxygen atoms in total. The lowest BCUT2D eigenvalue weighted by atomic mass is 10.1. The van der Waals surface area contributed by atoms with Crippen molar-refractivity contribution >= 4 is 53.0 Å². The number of hydrogen-bond donors (Lipinski definition) is 7. The third-order valence-corrected chi connectivity index (χ3v) is 7.31. The topological polar surface area (TPSA) is 275 Å². The third-order valence-electron chi connectivity index (χ3n) is 6.14. The van der Waals surface area contributed by atoms with Crippen LogP contribution in [0, 0.1) is 34.5 Å². The first-order valence-electron chi connectivity index (χ1n) is 13.6. The summed E-state index contributed by atoms with van der Waals surface area (Å²) in [4.78, 5) is 95.7. The minimum Gasteiger partial charge on any atom is -0.481 e. The number of aliphatic carboxylic acids is 1. The second kappa shape index (κ2) is 19.1. The van der Waals surface area contributed by atoms with E-state index in [1.165, 1.54) is 11.5 Å². The van der Waals surface area contributed by atoms with Crippen molar-refractivity contribution in [2.24, 2.45) is 5.73 Å². The lowest BCUT2D eigenvalue weighted by Crippen LogP contribution is -2.82. The molecule has 1 aromatic carbocycles. The molecule has 9 N–H and O–H groups in total. The van der Waals surface area contributed by atoms with E-state index in [9.17, 15) is 44.0 Å². The van der Waals surface area contributed by atoms with Gasteiger partial charge in [-0.1, -0.05) is 0 Å². The van der Waals surface area contributed by atoms with Crippen molar-refractivity contribution < 1.29 is 54.2 Å². The fourth-order valence-electron chi connectivity index (χ4n) is 3.91. The number of nitrogens with one attached hydrogen (secondary N) is 4. The fourth-order valence-corrected chi connectivity index (χ4v) is 4.96. The largest absolute Gasteiger partial charge is 0.481 e. The monoisotopic (exact) mass is 662 g/mol. The summed E-state index contributed by atoms with van der Waals surface area (Å²) in [6.07, 6.45) is 6.97. The van der Waals surface area contributed by atoms with Crippen molar-refractivity contribution in [1.29, 1.82) is 0 Å². The number of nitro benzene ring substituents is 1. The summed E-state index contributed by atoms with van der Waals surface area (Å²) in [5, 5.41) is 30.4. The molecule has 5 amide bonds. The first-order valence-corrected chi connectivity index (χ1v) is 14.6. The summed E-state index contributed by atoms with van der Waals surface area (Å²) in [6, 6.07) is -0.651. The Balaban J connectivity index is 2.39. The molecule has 0 aliphatic carbocycles. The lowest BCUT2D eigenvalue weighted by molar-refractivity contribution is -0.960. The number of thioether (sulfide) groups is 1. The van der Waals surface area contributed by atoms with Gasteiger partial charge >= 0.3 is 5.97 Å². The molecular weight excluding hydrogens is 630 g/mol. The van der Waals surface area contributed by atoms with Gasteiger partial charge in [-0.3, -0.25) is 38.9 Å². The highest BCUT2D eigenvalue weighted by Crippen LogP contribution is 2.28. The Bertz CT molecular complexity index is 1440. The number of terminal acetylenes is 1. The highest BCUT2D eigenvalue weighted by Gasteiger charge is 2.32. The van der Waals surface area contributed by atoms with Crippen LogP contribution in [0.4, 0.5) is 5.69 Å². The van der Waals surface area contributed by atoms with Crippen LogP contribution in [0.1, 0.15) is 42.5 Å². The Kier molecular flexibility index (Phi) is 15.3. The van der Waals surface area contributed by atoms with Crippen molar-refractivity contribution in [1.82, 2.24) is 21.3 Å². The zero-order valence-corrected chi connectivity index (χ0v) is 25.1. The zero-order chi connectivity index (χ0) is 34.1. The summed E-state index contributed by atoms with van der Waals surface area (Å²) in [6.45, 7) is -0.195. The number of carboxylic acid groups (broad SMARTS) is 1. The van der Waals surface area contributed by atoms with Crippen LogP contribution in [-0.4, -0.2) is 82.5 Å². The minimum atomic E-state index is -1.45. The van der Waals surface area contributed by atoms with Gasteiger partial charge in [-0.15, -0.1) is 18.2 Å². The number of non-ortho nitro benzene ring substituents is 1. The van der Waals surface area contributed by atoms with Gasteiger partial charge in [0.2, 0.25) is 23.6 Å². The smallest absolute Gasteiger partial charge is 0.303 e. The summed E-state index contributed by atoms with van der Waals surface area (Å²) in [7, 11) is 0. The van der Waals surface area contributed by atoms with Gasteiger partial charge in [-0.05, 0) is 37.7 Å². The Morgan fingerprint density at radius 1 is 1.15 bits per heavy atom. The van der Waals surface area contributed by atoms with Crippen LogP contribution in [0.5, 0.6) is 0 Å². The Morgan fingerprint density at radius 2 is 1.87 bits per heavy atom. The SMILES string of the molecule is C#CC#COO[NH2+]CCCCC1NC(=O)C(CCC(=O)O)NC(=O)c2cc([N+](=O)[O-])ccc2SC[C@@H](C(=O)NCC(N)=O)NC1=O. The molecule has 0 spiro atoms. The summed E-state index contributed by atoms with van der Waals surface area (Å²) >= 11 is 0.896. The molecular formula is C27H32N7O11S+. The lowest BCUT2D eigenvalue weighted by Gasteiger charge is -2.24. The van der Waals surface area contributed by atoms with E-state index in [2.05, 4.69) is 38.2 Å². The van der Waals surface area contributed by atoms with E-state index in [-0.39, 0.29) is 29.1 Å². The normalized spacial score (nSPS) is 18.2. The molecule has 1 heterocycles. The number of unbranched alkanes of at least 4 members (excludes halogenated alkanes) is 1. The maximum absolute atomic E-state index is 13.4. The number of primary amides is 1. The second-order valence-corrected chi connectivity index (χ2v) is 10.6. The van der Waals surface area contributed by atoms with Gasteiger partial charge in [-0.25, -0.2) is 4.89 Å². The van der Waals surface area contributed by atoms with Crippen LogP contribution in [-0.2, 0) is 33.8 Å². The molecule has 0 aromatic heterocycles. The first kappa shape index (κ1) is 36.8. The van der Waals surface area contributed by atoms with Crippen LogP contribution in [0.25, 0.3) is 0 Å². The second-order valence-electron chi connectivity index (χ2n) is 9.52. The van der Waals surface area contributed by atoms with E-state index in [0.29, 0.717) is 19.4 Å². The third kappa shape index (κ3) is 12.7. The molecule has 0 saturated heterocycles. The summed E-state index contributed by atoms with van der Waals surface area (Å²) in [5.74, 6) is -1.52. The summed E-state index contributed by atoms with van der Waals surface area (Å²) < 4.78 is 0. The Labute approximate surface area is 266 Å². The highest BCUT2D eigenvalue weighted by atomic mass is 32.2. The quantitative estimate of drug-likeness (QED) is 0.0356. The van der Waals surface area contributed by atoms with Crippen LogP contribution >= 0.6 is 11.8 Å². The van der Waals surface area contributed by atoms with E-state index in [1.807, 2.05) is 5.92 Å². The van der Waals surface area contributed by atoms with Crippen LogP contribution in [0.3, 0.4) is 0 Å². The van der Waals surface area contributed by atoms with Gasteiger partial charge in [-0.2, -0.15) is 5.48 Å². The molecule has 2 unspecified atom stereocenters. The predicted octanol–water partition coefficient (Wildman–Crippen LogP) is -2.57. The molecule has 1 aromatic rings.